The quantitative estimate of drug-likeness (QED) is 0.354. The van der Waals surface area contributed by atoms with Crippen LogP contribution in [0.1, 0.15) is 11.1 Å². The number of aromatic nitrogens is 3. The molecule has 4 aromatic rings. The maximum Gasteiger partial charge on any atom is 0.278 e. The minimum Gasteiger partial charge on any atom is -0.497 e. The molecule has 5 rings (SSSR count). The Morgan fingerprint density at radius 1 is 1.12 bits per heavy atom. The SMILES string of the molecule is COc1ccc2c(c1)c1nc(SCC(=O)N3CCc4ccccc4C3)n(C)c(=O)c1n2C. The second-order valence-corrected chi connectivity index (χ2v) is 8.96. The molecule has 0 atom stereocenters. The molecule has 0 saturated carbocycles. The summed E-state index contributed by atoms with van der Waals surface area (Å²) in [5.41, 5.74) is 4.47. The summed E-state index contributed by atoms with van der Waals surface area (Å²) in [4.78, 5) is 32.7. The summed E-state index contributed by atoms with van der Waals surface area (Å²) in [5, 5.41) is 1.39. The van der Waals surface area contributed by atoms with Crippen molar-refractivity contribution in [2.45, 2.75) is 18.1 Å². The lowest BCUT2D eigenvalue weighted by molar-refractivity contribution is -0.129. The zero-order chi connectivity index (χ0) is 22.4. The normalized spacial score (nSPS) is 13.5. The molecule has 0 radical (unpaired) electrons. The number of carbonyl (C=O) groups is 1. The number of methoxy groups -OCH3 is 1. The molecule has 0 spiro atoms. The molecule has 0 saturated heterocycles. The number of hydrogen-bond donors (Lipinski definition) is 0. The van der Waals surface area contributed by atoms with Gasteiger partial charge < -0.3 is 14.2 Å². The van der Waals surface area contributed by atoms with Gasteiger partial charge in [0.1, 0.15) is 16.8 Å². The summed E-state index contributed by atoms with van der Waals surface area (Å²) in [5.74, 6) is 1.00. The van der Waals surface area contributed by atoms with Crippen molar-refractivity contribution in [2.75, 3.05) is 19.4 Å². The van der Waals surface area contributed by atoms with Crippen LogP contribution in [0.25, 0.3) is 21.9 Å². The van der Waals surface area contributed by atoms with Crippen LogP contribution >= 0.6 is 11.8 Å². The number of rotatable bonds is 4. The van der Waals surface area contributed by atoms with E-state index >= 15 is 0 Å². The maximum absolute atomic E-state index is 13.1. The second kappa shape index (κ2) is 8.02. The van der Waals surface area contributed by atoms with Gasteiger partial charge in [0.15, 0.2) is 5.16 Å². The molecule has 0 aliphatic carbocycles. The minimum atomic E-state index is -0.130. The molecule has 0 unspecified atom stereocenters. The molecule has 0 N–H and O–H groups in total. The summed E-state index contributed by atoms with van der Waals surface area (Å²) in [6.07, 6.45) is 0.868. The molecule has 164 valence electrons. The Balaban J connectivity index is 1.44. The number of nitrogens with zero attached hydrogens (tertiary/aromatic N) is 4. The van der Waals surface area contributed by atoms with Gasteiger partial charge >= 0.3 is 0 Å². The zero-order valence-corrected chi connectivity index (χ0v) is 19.1. The molecule has 0 bridgehead atoms. The third kappa shape index (κ3) is 3.35. The highest BCUT2D eigenvalue weighted by Gasteiger charge is 2.22. The molecule has 1 aliphatic heterocycles. The fraction of sp³-hybridized carbons (Fsp3) is 0.292. The molecule has 3 heterocycles. The maximum atomic E-state index is 13.1. The molecule has 2 aromatic heterocycles. The van der Waals surface area contributed by atoms with E-state index in [-0.39, 0.29) is 17.2 Å². The van der Waals surface area contributed by atoms with Gasteiger partial charge in [0.25, 0.3) is 5.56 Å². The van der Waals surface area contributed by atoms with Crippen molar-refractivity contribution in [2.24, 2.45) is 14.1 Å². The number of amides is 1. The van der Waals surface area contributed by atoms with Gasteiger partial charge in [-0.1, -0.05) is 36.0 Å². The fourth-order valence-electron chi connectivity index (χ4n) is 4.36. The van der Waals surface area contributed by atoms with E-state index in [4.69, 9.17) is 9.72 Å². The van der Waals surface area contributed by atoms with Crippen molar-refractivity contribution in [3.05, 3.63) is 63.9 Å². The van der Waals surface area contributed by atoms with E-state index in [1.807, 2.05) is 46.8 Å². The number of ether oxygens (including phenoxy) is 1. The van der Waals surface area contributed by atoms with E-state index in [0.717, 1.165) is 17.3 Å². The van der Waals surface area contributed by atoms with Crippen molar-refractivity contribution in [3.63, 3.8) is 0 Å². The molecule has 1 amide bonds. The molecular formula is C24H24N4O3S. The summed E-state index contributed by atoms with van der Waals surface area (Å²) in [6, 6.07) is 14.0. The van der Waals surface area contributed by atoms with Gasteiger partial charge in [-0.3, -0.25) is 14.2 Å². The fourth-order valence-corrected chi connectivity index (χ4v) is 5.23. The summed E-state index contributed by atoms with van der Waals surface area (Å²) < 4.78 is 8.76. The van der Waals surface area contributed by atoms with Gasteiger partial charge in [0.2, 0.25) is 5.91 Å². The van der Waals surface area contributed by atoms with Crippen LogP contribution in [0.5, 0.6) is 5.75 Å². The summed E-state index contributed by atoms with van der Waals surface area (Å²) in [7, 11) is 5.19. The highest BCUT2D eigenvalue weighted by molar-refractivity contribution is 7.99. The monoisotopic (exact) mass is 448 g/mol. The van der Waals surface area contributed by atoms with E-state index in [2.05, 4.69) is 12.1 Å². The van der Waals surface area contributed by atoms with Crippen LogP contribution in [0.15, 0.2) is 52.4 Å². The van der Waals surface area contributed by atoms with Gasteiger partial charge in [0.05, 0.1) is 18.4 Å². The number of thioether (sulfide) groups is 1. The summed E-state index contributed by atoms with van der Waals surface area (Å²) >= 11 is 1.31. The van der Waals surface area contributed by atoms with Gasteiger partial charge in [-0.15, -0.1) is 0 Å². The highest BCUT2D eigenvalue weighted by atomic mass is 32.2. The van der Waals surface area contributed by atoms with Gasteiger partial charge in [-0.25, -0.2) is 4.98 Å². The largest absolute Gasteiger partial charge is 0.497 e. The number of hydrogen-bond acceptors (Lipinski definition) is 5. The first-order chi connectivity index (χ1) is 15.5. The predicted molar refractivity (Wildman–Crippen MR) is 126 cm³/mol. The van der Waals surface area contributed by atoms with Crippen LogP contribution in [-0.2, 0) is 31.9 Å². The molecule has 8 heteroatoms. The van der Waals surface area contributed by atoms with E-state index in [1.54, 1.807) is 14.2 Å². The van der Waals surface area contributed by atoms with Crippen LogP contribution in [0.3, 0.4) is 0 Å². The standard InChI is InChI=1S/C24H24N4O3S/c1-26-19-9-8-17(31-3)12-18(19)21-22(26)23(30)27(2)24(25-21)32-14-20(29)28-11-10-15-6-4-5-7-16(15)13-28/h4-9,12H,10-11,13-14H2,1-3H3. The molecule has 0 fully saturated rings. The van der Waals surface area contributed by atoms with Crippen LogP contribution < -0.4 is 10.3 Å². The van der Waals surface area contributed by atoms with Crippen LogP contribution in [0.4, 0.5) is 0 Å². The first-order valence-electron chi connectivity index (χ1n) is 10.5. The Hall–Kier alpha value is -3.26. The molecule has 1 aliphatic rings. The van der Waals surface area contributed by atoms with Crippen molar-refractivity contribution in [1.82, 2.24) is 19.0 Å². The molecule has 2 aromatic carbocycles. The van der Waals surface area contributed by atoms with Crippen molar-refractivity contribution >= 4 is 39.6 Å². The third-order valence-electron chi connectivity index (χ3n) is 6.19. The Morgan fingerprint density at radius 2 is 1.91 bits per heavy atom. The van der Waals surface area contributed by atoms with E-state index in [9.17, 15) is 9.59 Å². The number of aryl methyl sites for hydroxylation is 1. The van der Waals surface area contributed by atoms with E-state index in [1.165, 1.54) is 27.5 Å². The third-order valence-corrected chi connectivity index (χ3v) is 7.20. The lowest BCUT2D eigenvalue weighted by Crippen LogP contribution is -2.37. The lowest BCUT2D eigenvalue weighted by atomic mass is 10.00. The Bertz CT molecular complexity index is 1420. The molecule has 7 nitrogen and oxygen atoms in total. The Labute approximate surface area is 189 Å². The topological polar surface area (TPSA) is 69.4 Å². The average molecular weight is 449 g/mol. The molecule has 32 heavy (non-hydrogen) atoms. The van der Waals surface area contributed by atoms with Gasteiger partial charge in [0, 0.05) is 32.6 Å². The number of carbonyl (C=O) groups excluding carboxylic acids is 1. The van der Waals surface area contributed by atoms with Gasteiger partial charge in [-0.05, 0) is 35.7 Å². The minimum absolute atomic E-state index is 0.0541. The van der Waals surface area contributed by atoms with E-state index in [0.29, 0.717) is 35.0 Å². The summed E-state index contributed by atoms with van der Waals surface area (Å²) in [6.45, 7) is 1.34. The number of fused-ring (bicyclic) bond motifs is 4. The number of benzene rings is 2. The lowest BCUT2D eigenvalue weighted by Gasteiger charge is -2.28. The Morgan fingerprint density at radius 3 is 2.69 bits per heavy atom. The van der Waals surface area contributed by atoms with Crippen molar-refractivity contribution < 1.29 is 9.53 Å². The Kier molecular flexibility index (Phi) is 5.17. The highest BCUT2D eigenvalue weighted by Crippen LogP contribution is 2.30. The van der Waals surface area contributed by atoms with Crippen LogP contribution in [0.2, 0.25) is 0 Å². The average Bonchev–Trinajstić information content (AvgIpc) is 3.10. The predicted octanol–water partition coefficient (Wildman–Crippen LogP) is 3.11. The van der Waals surface area contributed by atoms with Crippen molar-refractivity contribution in [3.8, 4) is 5.75 Å². The first kappa shape index (κ1) is 20.6. The van der Waals surface area contributed by atoms with E-state index < -0.39 is 0 Å². The second-order valence-electron chi connectivity index (χ2n) is 8.02. The first-order valence-corrected chi connectivity index (χ1v) is 11.5. The van der Waals surface area contributed by atoms with Crippen LogP contribution in [0, 0.1) is 0 Å². The smallest absolute Gasteiger partial charge is 0.278 e. The van der Waals surface area contributed by atoms with Crippen molar-refractivity contribution in [1.29, 1.82) is 0 Å². The molecular weight excluding hydrogens is 424 g/mol. The van der Waals surface area contributed by atoms with Gasteiger partial charge in [-0.2, -0.15) is 0 Å². The van der Waals surface area contributed by atoms with Crippen LogP contribution in [-0.4, -0.2) is 44.3 Å². The zero-order valence-electron chi connectivity index (χ0n) is 18.3.